The highest BCUT2D eigenvalue weighted by Crippen LogP contribution is 2.09. The Hall–Kier alpha value is -0.840. The maximum absolute atomic E-state index is 5.53. The number of ether oxygens (including phenoxy) is 1. The Bertz CT molecular complexity index is 310. The zero-order chi connectivity index (χ0) is 12.7. The van der Waals surface area contributed by atoms with Crippen molar-refractivity contribution in [3.05, 3.63) is 23.7 Å². The van der Waals surface area contributed by atoms with Crippen LogP contribution in [0.4, 0.5) is 0 Å². The van der Waals surface area contributed by atoms with Crippen LogP contribution in [0.25, 0.3) is 0 Å². The molecule has 0 fully saturated rings. The van der Waals surface area contributed by atoms with Crippen molar-refractivity contribution in [1.29, 1.82) is 0 Å². The fraction of sp³-hybridized carbons (Fsp3) is 0.692. The Morgan fingerprint density at radius 1 is 1.47 bits per heavy atom. The van der Waals surface area contributed by atoms with E-state index in [1.807, 2.05) is 6.26 Å². The van der Waals surface area contributed by atoms with Crippen molar-refractivity contribution >= 4 is 0 Å². The predicted octanol–water partition coefficient (Wildman–Crippen LogP) is 1.86. The van der Waals surface area contributed by atoms with E-state index in [-0.39, 0.29) is 0 Å². The first-order valence-corrected chi connectivity index (χ1v) is 6.09. The second-order valence-corrected chi connectivity index (χ2v) is 4.69. The SMILES string of the molecule is COCCN(C)Cc1cc(CNC(C)C)co1. The first-order chi connectivity index (χ1) is 8.11. The highest BCUT2D eigenvalue weighted by atomic mass is 16.5. The van der Waals surface area contributed by atoms with Gasteiger partial charge in [-0.05, 0) is 13.1 Å². The van der Waals surface area contributed by atoms with Crippen LogP contribution in [0.2, 0.25) is 0 Å². The molecule has 1 N–H and O–H groups in total. The number of hydrogen-bond donors (Lipinski definition) is 1. The summed E-state index contributed by atoms with van der Waals surface area (Å²) in [6, 6.07) is 2.61. The molecule has 0 aromatic carbocycles. The van der Waals surface area contributed by atoms with Crippen LogP contribution in [0, 0.1) is 0 Å². The second-order valence-electron chi connectivity index (χ2n) is 4.69. The molecule has 0 amide bonds. The van der Waals surface area contributed by atoms with E-state index in [1.54, 1.807) is 7.11 Å². The van der Waals surface area contributed by atoms with E-state index in [0.29, 0.717) is 6.04 Å². The number of nitrogens with one attached hydrogen (secondary N) is 1. The van der Waals surface area contributed by atoms with Gasteiger partial charge in [-0.1, -0.05) is 13.8 Å². The molecule has 0 aliphatic rings. The largest absolute Gasteiger partial charge is 0.468 e. The monoisotopic (exact) mass is 240 g/mol. The van der Waals surface area contributed by atoms with Crippen molar-refractivity contribution in [2.24, 2.45) is 0 Å². The van der Waals surface area contributed by atoms with Crippen LogP contribution >= 0.6 is 0 Å². The van der Waals surface area contributed by atoms with Crippen LogP contribution in [0.3, 0.4) is 0 Å². The summed E-state index contributed by atoms with van der Waals surface area (Å²) in [5, 5.41) is 3.37. The van der Waals surface area contributed by atoms with Gasteiger partial charge in [0.05, 0.1) is 19.4 Å². The normalized spacial score (nSPS) is 11.6. The van der Waals surface area contributed by atoms with E-state index in [9.17, 15) is 0 Å². The minimum atomic E-state index is 0.498. The summed E-state index contributed by atoms with van der Waals surface area (Å²) in [4.78, 5) is 2.18. The Balaban J connectivity index is 2.34. The first-order valence-electron chi connectivity index (χ1n) is 6.09. The van der Waals surface area contributed by atoms with Crippen molar-refractivity contribution < 1.29 is 9.15 Å². The quantitative estimate of drug-likeness (QED) is 0.752. The molecule has 0 saturated carbocycles. The molecule has 1 heterocycles. The molecule has 0 aliphatic carbocycles. The first kappa shape index (κ1) is 14.2. The van der Waals surface area contributed by atoms with Gasteiger partial charge in [0.1, 0.15) is 5.76 Å². The van der Waals surface area contributed by atoms with Gasteiger partial charge in [0, 0.05) is 31.8 Å². The van der Waals surface area contributed by atoms with Crippen molar-refractivity contribution in [2.75, 3.05) is 27.3 Å². The van der Waals surface area contributed by atoms with Gasteiger partial charge in [-0.2, -0.15) is 0 Å². The molecule has 0 atom stereocenters. The van der Waals surface area contributed by atoms with Gasteiger partial charge in [-0.15, -0.1) is 0 Å². The van der Waals surface area contributed by atoms with Gasteiger partial charge in [-0.25, -0.2) is 0 Å². The molecule has 0 unspecified atom stereocenters. The lowest BCUT2D eigenvalue weighted by molar-refractivity contribution is 0.155. The number of rotatable bonds is 8. The average molecular weight is 240 g/mol. The van der Waals surface area contributed by atoms with Gasteiger partial charge in [0.2, 0.25) is 0 Å². The fourth-order valence-electron chi connectivity index (χ4n) is 1.52. The third-order valence-corrected chi connectivity index (χ3v) is 2.53. The molecule has 4 heteroatoms. The lowest BCUT2D eigenvalue weighted by atomic mass is 10.3. The number of likely N-dealkylation sites (N-methyl/N-ethyl adjacent to an activating group) is 1. The van der Waals surface area contributed by atoms with Crippen molar-refractivity contribution in [1.82, 2.24) is 10.2 Å². The molecule has 1 aromatic heterocycles. The molecule has 4 nitrogen and oxygen atoms in total. The van der Waals surface area contributed by atoms with E-state index in [1.165, 1.54) is 5.56 Å². The lowest BCUT2D eigenvalue weighted by Gasteiger charge is -2.13. The van der Waals surface area contributed by atoms with Gasteiger partial charge in [0.15, 0.2) is 0 Å². The maximum Gasteiger partial charge on any atom is 0.118 e. The fourth-order valence-corrected chi connectivity index (χ4v) is 1.52. The summed E-state index contributed by atoms with van der Waals surface area (Å²) in [5.74, 6) is 1.00. The molecule has 0 saturated heterocycles. The number of furan rings is 1. The molecule has 98 valence electrons. The van der Waals surface area contributed by atoms with Crippen LogP contribution in [0.15, 0.2) is 16.7 Å². The van der Waals surface area contributed by atoms with E-state index in [2.05, 4.69) is 37.2 Å². The Kier molecular flexibility index (Phi) is 6.26. The minimum absolute atomic E-state index is 0.498. The number of nitrogens with zero attached hydrogens (tertiary/aromatic N) is 1. The summed E-state index contributed by atoms with van der Waals surface area (Å²) in [6.45, 7) is 7.63. The van der Waals surface area contributed by atoms with Gasteiger partial charge in [-0.3, -0.25) is 4.90 Å². The van der Waals surface area contributed by atoms with Crippen molar-refractivity contribution in [3.8, 4) is 0 Å². The molecular weight excluding hydrogens is 216 g/mol. The topological polar surface area (TPSA) is 37.6 Å². The number of hydrogen-bond acceptors (Lipinski definition) is 4. The highest BCUT2D eigenvalue weighted by molar-refractivity contribution is 5.12. The van der Waals surface area contributed by atoms with Gasteiger partial charge >= 0.3 is 0 Å². The summed E-state index contributed by atoms with van der Waals surface area (Å²) in [5.41, 5.74) is 1.20. The Labute approximate surface area is 104 Å². The van der Waals surface area contributed by atoms with Crippen molar-refractivity contribution in [2.45, 2.75) is 33.0 Å². The summed E-state index contributed by atoms with van der Waals surface area (Å²) in [6.07, 6.45) is 1.83. The van der Waals surface area contributed by atoms with E-state index < -0.39 is 0 Å². The molecular formula is C13H24N2O2. The molecule has 0 aliphatic heterocycles. The third kappa shape index (κ3) is 5.86. The van der Waals surface area contributed by atoms with Gasteiger partial charge in [0.25, 0.3) is 0 Å². The van der Waals surface area contributed by atoms with Crippen LogP contribution in [-0.4, -0.2) is 38.3 Å². The molecule has 0 spiro atoms. The van der Waals surface area contributed by atoms with Crippen LogP contribution < -0.4 is 5.32 Å². The van der Waals surface area contributed by atoms with E-state index >= 15 is 0 Å². The highest BCUT2D eigenvalue weighted by Gasteiger charge is 2.05. The molecule has 17 heavy (non-hydrogen) atoms. The van der Waals surface area contributed by atoms with Crippen LogP contribution in [-0.2, 0) is 17.8 Å². The Morgan fingerprint density at radius 3 is 2.88 bits per heavy atom. The average Bonchev–Trinajstić information content (AvgIpc) is 2.71. The van der Waals surface area contributed by atoms with Crippen LogP contribution in [0.5, 0.6) is 0 Å². The molecule has 1 rings (SSSR count). The molecule has 1 aromatic rings. The molecule has 0 radical (unpaired) electrons. The second kappa shape index (κ2) is 7.48. The maximum atomic E-state index is 5.53. The molecule has 0 bridgehead atoms. The van der Waals surface area contributed by atoms with Crippen molar-refractivity contribution in [3.63, 3.8) is 0 Å². The lowest BCUT2D eigenvalue weighted by Crippen LogP contribution is -2.22. The smallest absolute Gasteiger partial charge is 0.118 e. The summed E-state index contributed by atoms with van der Waals surface area (Å²) < 4.78 is 10.6. The Morgan fingerprint density at radius 2 is 2.24 bits per heavy atom. The summed E-state index contributed by atoms with van der Waals surface area (Å²) >= 11 is 0. The predicted molar refractivity (Wildman–Crippen MR) is 68.9 cm³/mol. The van der Waals surface area contributed by atoms with E-state index in [4.69, 9.17) is 9.15 Å². The summed E-state index contributed by atoms with van der Waals surface area (Å²) in [7, 11) is 3.78. The van der Waals surface area contributed by atoms with E-state index in [0.717, 1.165) is 32.0 Å². The van der Waals surface area contributed by atoms with Crippen LogP contribution in [0.1, 0.15) is 25.2 Å². The standard InChI is InChI=1S/C13H24N2O2/c1-11(2)14-8-12-7-13(17-10-12)9-15(3)5-6-16-4/h7,10-11,14H,5-6,8-9H2,1-4H3. The minimum Gasteiger partial charge on any atom is -0.468 e. The zero-order valence-corrected chi connectivity index (χ0v) is 11.3. The zero-order valence-electron chi connectivity index (χ0n) is 11.3. The number of methoxy groups -OCH3 is 1. The third-order valence-electron chi connectivity index (χ3n) is 2.53. The van der Waals surface area contributed by atoms with Gasteiger partial charge < -0.3 is 14.5 Å².